The van der Waals surface area contributed by atoms with E-state index in [0.29, 0.717) is 12.0 Å². The van der Waals surface area contributed by atoms with E-state index in [9.17, 15) is 14.7 Å². The number of phenols is 1. The summed E-state index contributed by atoms with van der Waals surface area (Å²) in [5.41, 5.74) is 0.745. The molecule has 6 nitrogen and oxygen atoms in total. The van der Waals surface area contributed by atoms with Crippen molar-refractivity contribution in [3.63, 3.8) is 0 Å². The van der Waals surface area contributed by atoms with E-state index in [1.54, 1.807) is 0 Å². The number of esters is 1. The van der Waals surface area contributed by atoms with Crippen molar-refractivity contribution in [1.82, 2.24) is 0 Å². The number of phenolic OH excluding ortho intramolecular Hbond substituents is 1. The van der Waals surface area contributed by atoms with Crippen LogP contribution in [0.1, 0.15) is 5.56 Å². The number of nitrogens with one attached hydrogen (secondary N) is 1. The van der Waals surface area contributed by atoms with Gasteiger partial charge in [-0.3, -0.25) is 9.59 Å². The highest BCUT2D eigenvalue weighted by Crippen LogP contribution is 2.35. The maximum atomic E-state index is 11.1. The van der Waals surface area contributed by atoms with Crippen molar-refractivity contribution in [3.8, 4) is 11.5 Å². The van der Waals surface area contributed by atoms with Gasteiger partial charge in [-0.15, -0.1) is 0 Å². The van der Waals surface area contributed by atoms with E-state index in [4.69, 9.17) is 4.74 Å². The SMILES string of the molecule is COC(=O)Cc1cc(NC=O)c(O)c(OC)c1. The van der Waals surface area contributed by atoms with Gasteiger partial charge in [0.25, 0.3) is 0 Å². The van der Waals surface area contributed by atoms with Crippen molar-refractivity contribution in [1.29, 1.82) is 0 Å². The predicted molar refractivity (Wildman–Crippen MR) is 60.1 cm³/mol. The molecule has 6 heteroatoms. The van der Waals surface area contributed by atoms with E-state index < -0.39 is 5.97 Å². The Balaban J connectivity index is 3.10. The Kier molecular flexibility index (Phi) is 4.33. The van der Waals surface area contributed by atoms with Crippen molar-refractivity contribution in [3.05, 3.63) is 17.7 Å². The Morgan fingerprint density at radius 1 is 1.47 bits per heavy atom. The van der Waals surface area contributed by atoms with Crippen molar-refractivity contribution in [2.45, 2.75) is 6.42 Å². The maximum absolute atomic E-state index is 11.1. The van der Waals surface area contributed by atoms with E-state index in [2.05, 4.69) is 10.1 Å². The summed E-state index contributed by atoms with van der Waals surface area (Å²) in [5.74, 6) is -0.432. The van der Waals surface area contributed by atoms with E-state index in [1.807, 2.05) is 0 Å². The average Bonchev–Trinajstić information content (AvgIpc) is 2.33. The average molecular weight is 239 g/mol. The molecule has 0 heterocycles. The van der Waals surface area contributed by atoms with Crippen LogP contribution in [0.15, 0.2) is 12.1 Å². The third-order valence-corrected chi connectivity index (χ3v) is 2.15. The first-order chi connectivity index (χ1) is 8.12. The van der Waals surface area contributed by atoms with Crippen LogP contribution in [0, 0.1) is 0 Å². The van der Waals surface area contributed by atoms with E-state index in [0.717, 1.165) is 0 Å². The zero-order valence-corrected chi connectivity index (χ0v) is 9.52. The Bertz CT molecular complexity index is 430. The molecule has 1 aromatic carbocycles. The fourth-order valence-electron chi connectivity index (χ4n) is 1.33. The minimum atomic E-state index is -0.421. The summed E-state index contributed by atoms with van der Waals surface area (Å²) >= 11 is 0. The first kappa shape index (κ1) is 12.8. The molecule has 0 unspecified atom stereocenters. The lowest BCUT2D eigenvalue weighted by molar-refractivity contribution is -0.139. The number of amides is 1. The highest BCUT2D eigenvalue weighted by Gasteiger charge is 2.12. The number of hydrogen-bond donors (Lipinski definition) is 2. The number of carbonyl (C=O) groups is 2. The molecular formula is C11H13NO5. The molecule has 17 heavy (non-hydrogen) atoms. The van der Waals surface area contributed by atoms with Crippen LogP contribution in [0.4, 0.5) is 5.69 Å². The smallest absolute Gasteiger partial charge is 0.309 e. The van der Waals surface area contributed by atoms with Gasteiger partial charge in [0.1, 0.15) is 0 Å². The predicted octanol–water partition coefficient (Wildman–Crippen LogP) is 0.685. The van der Waals surface area contributed by atoms with E-state index >= 15 is 0 Å². The van der Waals surface area contributed by atoms with Gasteiger partial charge in [-0.05, 0) is 17.7 Å². The summed E-state index contributed by atoms with van der Waals surface area (Å²) in [7, 11) is 2.66. The highest BCUT2D eigenvalue weighted by atomic mass is 16.5. The zero-order chi connectivity index (χ0) is 12.8. The van der Waals surface area contributed by atoms with Gasteiger partial charge in [0.2, 0.25) is 6.41 Å². The van der Waals surface area contributed by atoms with E-state index in [1.165, 1.54) is 26.4 Å². The second kappa shape index (κ2) is 5.74. The first-order valence-electron chi connectivity index (χ1n) is 4.79. The summed E-state index contributed by atoms with van der Waals surface area (Å²) < 4.78 is 9.46. The highest BCUT2D eigenvalue weighted by molar-refractivity contribution is 5.80. The summed E-state index contributed by atoms with van der Waals surface area (Å²) in [4.78, 5) is 21.5. The number of hydrogen-bond acceptors (Lipinski definition) is 5. The number of benzene rings is 1. The molecule has 0 spiro atoms. The third kappa shape index (κ3) is 3.10. The molecule has 0 atom stereocenters. The molecule has 0 aromatic heterocycles. The molecule has 0 saturated heterocycles. The third-order valence-electron chi connectivity index (χ3n) is 2.15. The number of carbonyl (C=O) groups excluding carboxylic acids is 2. The Morgan fingerprint density at radius 2 is 2.18 bits per heavy atom. The second-order valence-corrected chi connectivity index (χ2v) is 3.21. The quantitative estimate of drug-likeness (QED) is 0.448. The van der Waals surface area contributed by atoms with Gasteiger partial charge in [-0.2, -0.15) is 0 Å². The minimum Gasteiger partial charge on any atom is -0.503 e. The summed E-state index contributed by atoms with van der Waals surface area (Å²) in [6, 6.07) is 2.98. The van der Waals surface area contributed by atoms with Crippen molar-refractivity contribution in [2.75, 3.05) is 19.5 Å². The van der Waals surface area contributed by atoms with Crippen LogP contribution in [0.25, 0.3) is 0 Å². The van der Waals surface area contributed by atoms with Gasteiger partial charge in [0, 0.05) is 0 Å². The Labute approximate surface area is 98.2 Å². The first-order valence-corrected chi connectivity index (χ1v) is 4.79. The van der Waals surface area contributed by atoms with Gasteiger partial charge in [0.15, 0.2) is 11.5 Å². The lowest BCUT2D eigenvalue weighted by Crippen LogP contribution is -2.05. The number of aromatic hydroxyl groups is 1. The molecule has 1 amide bonds. The molecule has 1 aromatic rings. The molecule has 2 N–H and O–H groups in total. The fraction of sp³-hybridized carbons (Fsp3) is 0.273. The van der Waals surface area contributed by atoms with Gasteiger partial charge in [0.05, 0.1) is 26.3 Å². The van der Waals surface area contributed by atoms with Crippen LogP contribution in [0.3, 0.4) is 0 Å². The molecule has 0 aliphatic heterocycles. The van der Waals surface area contributed by atoms with Crippen LogP contribution in [0.5, 0.6) is 11.5 Å². The number of methoxy groups -OCH3 is 2. The molecule has 0 aliphatic carbocycles. The molecule has 0 bridgehead atoms. The molecule has 0 radical (unpaired) electrons. The topological polar surface area (TPSA) is 84.9 Å². The molecular weight excluding hydrogens is 226 g/mol. The van der Waals surface area contributed by atoms with Crippen LogP contribution >= 0.6 is 0 Å². The standard InChI is InChI=1S/C11H13NO5/c1-16-9-4-7(5-10(14)17-2)3-8(11(9)15)12-6-13/h3-4,6,15H,5H2,1-2H3,(H,12,13). The normalized spacial score (nSPS) is 9.53. The summed E-state index contributed by atoms with van der Waals surface area (Å²) in [5, 5.41) is 12.0. The number of ether oxygens (including phenoxy) is 2. The molecule has 0 aliphatic rings. The van der Waals surface area contributed by atoms with Crippen LogP contribution < -0.4 is 10.1 Å². The van der Waals surface area contributed by atoms with Crippen LogP contribution in [-0.2, 0) is 20.7 Å². The Morgan fingerprint density at radius 3 is 2.71 bits per heavy atom. The fourth-order valence-corrected chi connectivity index (χ4v) is 1.33. The molecule has 0 saturated carbocycles. The molecule has 1 rings (SSSR count). The summed E-state index contributed by atoms with van der Waals surface area (Å²) in [6.45, 7) is 0. The van der Waals surface area contributed by atoms with Gasteiger partial charge in [-0.25, -0.2) is 0 Å². The van der Waals surface area contributed by atoms with Gasteiger partial charge >= 0.3 is 5.97 Å². The zero-order valence-electron chi connectivity index (χ0n) is 9.52. The Hall–Kier alpha value is -2.24. The maximum Gasteiger partial charge on any atom is 0.309 e. The monoisotopic (exact) mass is 239 g/mol. The largest absolute Gasteiger partial charge is 0.503 e. The lowest BCUT2D eigenvalue weighted by Gasteiger charge is -2.10. The van der Waals surface area contributed by atoms with Crippen molar-refractivity contribution >= 4 is 18.1 Å². The lowest BCUT2D eigenvalue weighted by atomic mass is 10.1. The van der Waals surface area contributed by atoms with Crippen molar-refractivity contribution < 1.29 is 24.2 Å². The van der Waals surface area contributed by atoms with Crippen LogP contribution in [-0.4, -0.2) is 31.7 Å². The van der Waals surface area contributed by atoms with Crippen LogP contribution in [0.2, 0.25) is 0 Å². The second-order valence-electron chi connectivity index (χ2n) is 3.21. The molecule has 0 fully saturated rings. The minimum absolute atomic E-state index is 0.0284. The summed E-state index contributed by atoms with van der Waals surface area (Å²) in [6.07, 6.45) is 0.455. The van der Waals surface area contributed by atoms with E-state index in [-0.39, 0.29) is 23.6 Å². The number of anilines is 1. The van der Waals surface area contributed by atoms with Gasteiger partial charge < -0.3 is 19.9 Å². The van der Waals surface area contributed by atoms with Gasteiger partial charge in [-0.1, -0.05) is 0 Å². The van der Waals surface area contributed by atoms with Crippen molar-refractivity contribution in [2.24, 2.45) is 0 Å². The molecule has 92 valence electrons. The number of rotatable bonds is 5.